The van der Waals surface area contributed by atoms with Crippen molar-refractivity contribution in [2.75, 3.05) is 14.2 Å². The van der Waals surface area contributed by atoms with Crippen molar-refractivity contribution in [3.05, 3.63) is 47.7 Å². The Balaban J connectivity index is 2.48. The molecule has 0 aliphatic rings. The van der Waals surface area contributed by atoms with Crippen LogP contribution in [0.1, 0.15) is 15.9 Å². The number of pyridine rings is 1. The van der Waals surface area contributed by atoms with Gasteiger partial charge in [0.1, 0.15) is 0 Å². The summed E-state index contributed by atoms with van der Waals surface area (Å²) in [4.78, 5) is 15.5. The smallest absolute Gasteiger partial charge is 0.416 e. The fourth-order valence-electron chi connectivity index (χ4n) is 1.89. The Morgan fingerprint density at radius 2 is 1.77 bits per heavy atom. The minimum absolute atomic E-state index is 0.179. The maximum absolute atomic E-state index is 12.6. The predicted molar refractivity (Wildman–Crippen MR) is 72.6 cm³/mol. The van der Waals surface area contributed by atoms with Crippen molar-refractivity contribution >= 4 is 5.97 Å². The molecule has 1 aromatic carbocycles. The van der Waals surface area contributed by atoms with Crippen LogP contribution >= 0.6 is 0 Å². The predicted octanol–water partition coefficient (Wildman–Crippen LogP) is 3.56. The van der Waals surface area contributed by atoms with Crippen LogP contribution in [0.2, 0.25) is 0 Å². The average molecular weight is 311 g/mol. The number of rotatable bonds is 3. The van der Waals surface area contributed by atoms with E-state index in [0.29, 0.717) is 11.1 Å². The summed E-state index contributed by atoms with van der Waals surface area (Å²) in [5.41, 5.74) is 0.271. The molecule has 1 heterocycles. The lowest BCUT2D eigenvalue weighted by molar-refractivity contribution is -0.137. The fraction of sp³-hybridized carbons (Fsp3) is 0.200. The molecular weight excluding hydrogens is 299 g/mol. The number of halogens is 3. The molecule has 22 heavy (non-hydrogen) atoms. The van der Waals surface area contributed by atoms with Gasteiger partial charge in [0.05, 0.1) is 25.3 Å². The Morgan fingerprint density at radius 1 is 1.14 bits per heavy atom. The molecule has 2 aromatic rings. The first kappa shape index (κ1) is 15.8. The van der Waals surface area contributed by atoms with Gasteiger partial charge in [-0.15, -0.1) is 0 Å². The Hall–Kier alpha value is -2.57. The van der Waals surface area contributed by atoms with Crippen LogP contribution in [0.5, 0.6) is 5.88 Å². The Morgan fingerprint density at radius 3 is 2.27 bits per heavy atom. The summed E-state index contributed by atoms with van der Waals surface area (Å²) in [6, 6.07) is 5.96. The van der Waals surface area contributed by atoms with Crippen LogP contribution in [0.25, 0.3) is 11.1 Å². The normalized spacial score (nSPS) is 11.1. The van der Waals surface area contributed by atoms with Crippen molar-refractivity contribution in [2.45, 2.75) is 6.18 Å². The van der Waals surface area contributed by atoms with Gasteiger partial charge in [-0.1, -0.05) is 12.1 Å². The molecule has 2 rings (SSSR count). The molecule has 7 heteroatoms. The first-order valence-electron chi connectivity index (χ1n) is 6.17. The van der Waals surface area contributed by atoms with Gasteiger partial charge in [-0.3, -0.25) is 0 Å². The van der Waals surface area contributed by atoms with E-state index < -0.39 is 17.7 Å². The van der Waals surface area contributed by atoms with Crippen LogP contribution in [0.4, 0.5) is 13.2 Å². The standard InChI is InChI=1S/C15H12F3NO3/c1-21-13-12(7-10(8-19-13)14(20)22-2)9-3-5-11(6-4-9)15(16,17)18/h3-8H,1-2H3. The van der Waals surface area contributed by atoms with E-state index in [1.165, 1.54) is 38.6 Å². The molecule has 1 aromatic heterocycles. The molecule has 0 atom stereocenters. The number of alkyl halides is 3. The number of carbonyl (C=O) groups is 1. The van der Waals surface area contributed by atoms with E-state index >= 15 is 0 Å². The van der Waals surface area contributed by atoms with E-state index in [1.54, 1.807) is 0 Å². The van der Waals surface area contributed by atoms with Crippen molar-refractivity contribution in [1.82, 2.24) is 4.98 Å². The highest BCUT2D eigenvalue weighted by molar-refractivity contribution is 5.91. The highest BCUT2D eigenvalue weighted by Crippen LogP contribution is 2.33. The first-order chi connectivity index (χ1) is 10.4. The zero-order chi connectivity index (χ0) is 16.3. The third kappa shape index (κ3) is 3.19. The van der Waals surface area contributed by atoms with Gasteiger partial charge in [-0.05, 0) is 23.8 Å². The molecule has 4 nitrogen and oxygen atoms in total. The molecule has 0 aliphatic heterocycles. The van der Waals surface area contributed by atoms with Crippen LogP contribution in [-0.4, -0.2) is 25.2 Å². The van der Waals surface area contributed by atoms with Crippen molar-refractivity contribution in [3.63, 3.8) is 0 Å². The van der Waals surface area contributed by atoms with Crippen LogP contribution < -0.4 is 4.74 Å². The maximum Gasteiger partial charge on any atom is 0.416 e. The molecule has 0 spiro atoms. The second-order valence-corrected chi connectivity index (χ2v) is 4.35. The van der Waals surface area contributed by atoms with Gasteiger partial charge in [0.15, 0.2) is 0 Å². The van der Waals surface area contributed by atoms with Crippen LogP contribution in [0, 0.1) is 0 Å². The summed E-state index contributed by atoms with van der Waals surface area (Å²) < 4.78 is 47.4. The molecule has 0 amide bonds. The van der Waals surface area contributed by atoms with Gasteiger partial charge in [-0.25, -0.2) is 9.78 Å². The second-order valence-electron chi connectivity index (χ2n) is 4.35. The van der Waals surface area contributed by atoms with Crippen molar-refractivity contribution in [1.29, 1.82) is 0 Å². The molecule has 0 aliphatic carbocycles. The number of benzene rings is 1. The zero-order valence-electron chi connectivity index (χ0n) is 11.8. The number of carbonyl (C=O) groups excluding carboxylic acids is 1. The minimum atomic E-state index is -4.41. The van der Waals surface area contributed by atoms with Crippen molar-refractivity contribution in [2.24, 2.45) is 0 Å². The number of hydrogen-bond acceptors (Lipinski definition) is 4. The summed E-state index contributed by atoms with van der Waals surface area (Å²) in [5.74, 6) is -0.393. The second kappa shape index (κ2) is 6.05. The SMILES string of the molecule is COC(=O)c1cnc(OC)c(-c2ccc(C(F)(F)F)cc2)c1. The van der Waals surface area contributed by atoms with E-state index in [2.05, 4.69) is 9.72 Å². The van der Waals surface area contributed by atoms with Gasteiger partial charge in [0.2, 0.25) is 5.88 Å². The van der Waals surface area contributed by atoms with Gasteiger partial charge in [-0.2, -0.15) is 13.2 Å². The summed E-state index contributed by atoms with van der Waals surface area (Å²) in [6.07, 6.45) is -3.13. The number of ether oxygens (including phenoxy) is 2. The first-order valence-corrected chi connectivity index (χ1v) is 6.17. The lowest BCUT2D eigenvalue weighted by atomic mass is 10.0. The van der Waals surface area contributed by atoms with E-state index in [1.807, 2.05) is 0 Å². The summed E-state index contributed by atoms with van der Waals surface area (Å²) in [7, 11) is 2.61. The maximum atomic E-state index is 12.6. The molecular formula is C15H12F3NO3. The lowest BCUT2D eigenvalue weighted by Crippen LogP contribution is -2.05. The fourth-order valence-corrected chi connectivity index (χ4v) is 1.89. The highest BCUT2D eigenvalue weighted by atomic mass is 19.4. The van der Waals surface area contributed by atoms with E-state index in [-0.39, 0.29) is 11.4 Å². The molecule has 116 valence electrons. The van der Waals surface area contributed by atoms with E-state index in [0.717, 1.165) is 12.1 Å². The molecule has 0 unspecified atom stereocenters. The summed E-state index contributed by atoms with van der Waals surface area (Å²) >= 11 is 0. The Bertz CT molecular complexity index is 681. The summed E-state index contributed by atoms with van der Waals surface area (Å²) in [6.45, 7) is 0. The molecule has 0 radical (unpaired) electrons. The number of aromatic nitrogens is 1. The molecule has 0 fully saturated rings. The lowest BCUT2D eigenvalue weighted by Gasteiger charge is -2.11. The topological polar surface area (TPSA) is 48.4 Å². The van der Waals surface area contributed by atoms with Crippen LogP contribution in [-0.2, 0) is 10.9 Å². The minimum Gasteiger partial charge on any atom is -0.481 e. The summed E-state index contributed by atoms with van der Waals surface area (Å²) in [5, 5.41) is 0. The van der Waals surface area contributed by atoms with Gasteiger partial charge < -0.3 is 9.47 Å². The molecule has 0 saturated carbocycles. The van der Waals surface area contributed by atoms with Gasteiger partial charge in [0.25, 0.3) is 0 Å². The van der Waals surface area contributed by atoms with Crippen molar-refractivity contribution < 1.29 is 27.4 Å². The average Bonchev–Trinajstić information content (AvgIpc) is 2.52. The number of hydrogen-bond donors (Lipinski definition) is 0. The molecule has 0 saturated heterocycles. The highest BCUT2D eigenvalue weighted by Gasteiger charge is 2.30. The third-order valence-electron chi connectivity index (χ3n) is 2.99. The van der Waals surface area contributed by atoms with Crippen LogP contribution in [0.15, 0.2) is 36.5 Å². The number of nitrogens with zero attached hydrogens (tertiary/aromatic N) is 1. The number of esters is 1. The van der Waals surface area contributed by atoms with Crippen LogP contribution in [0.3, 0.4) is 0 Å². The third-order valence-corrected chi connectivity index (χ3v) is 2.99. The van der Waals surface area contributed by atoms with E-state index in [9.17, 15) is 18.0 Å². The monoisotopic (exact) mass is 311 g/mol. The molecule has 0 bridgehead atoms. The Labute approximate surface area is 124 Å². The largest absolute Gasteiger partial charge is 0.481 e. The zero-order valence-corrected chi connectivity index (χ0v) is 11.8. The van der Waals surface area contributed by atoms with Gasteiger partial charge >= 0.3 is 12.1 Å². The Kier molecular flexibility index (Phi) is 4.35. The number of methoxy groups -OCH3 is 2. The van der Waals surface area contributed by atoms with Crippen molar-refractivity contribution in [3.8, 4) is 17.0 Å². The van der Waals surface area contributed by atoms with Gasteiger partial charge in [0, 0.05) is 11.8 Å². The van der Waals surface area contributed by atoms with E-state index in [4.69, 9.17) is 4.74 Å². The molecule has 0 N–H and O–H groups in total. The quantitative estimate of drug-likeness (QED) is 0.813.